The SMILES string of the molecule is FC(F)(F)COc1ncc(Cn2cc3c(Cl)nccc3n2)cc1Cl. The molecule has 0 fully saturated rings. The molecule has 3 heterocycles. The number of halogens is 5. The lowest BCUT2D eigenvalue weighted by atomic mass is 10.3. The second kappa shape index (κ2) is 6.45. The monoisotopic (exact) mass is 376 g/mol. The molecular weight excluding hydrogens is 368 g/mol. The van der Waals surface area contributed by atoms with E-state index in [9.17, 15) is 13.2 Å². The summed E-state index contributed by atoms with van der Waals surface area (Å²) in [5.41, 5.74) is 1.33. The summed E-state index contributed by atoms with van der Waals surface area (Å²) in [6.45, 7) is -1.13. The molecule has 3 aromatic rings. The van der Waals surface area contributed by atoms with Gasteiger partial charge in [0.25, 0.3) is 0 Å². The Labute approximate surface area is 144 Å². The van der Waals surface area contributed by atoms with Crippen LogP contribution < -0.4 is 4.74 Å². The Morgan fingerprint density at radius 3 is 2.67 bits per heavy atom. The zero-order valence-corrected chi connectivity index (χ0v) is 13.4. The van der Waals surface area contributed by atoms with E-state index in [4.69, 9.17) is 23.2 Å². The molecule has 0 atom stereocenters. The van der Waals surface area contributed by atoms with E-state index in [1.807, 2.05) is 0 Å². The van der Waals surface area contributed by atoms with E-state index >= 15 is 0 Å². The van der Waals surface area contributed by atoms with Gasteiger partial charge in [0.2, 0.25) is 5.88 Å². The Hall–Kier alpha value is -2.06. The van der Waals surface area contributed by atoms with Crippen molar-refractivity contribution in [1.82, 2.24) is 19.7 Å². The van der Waals surface area contributed by atoms with Crippen molar-refractivity contribution in [3.05, 3.63) is 46.5 Å². The van der Waals surface area contributed by atoms with Gasteiger partial charge in [-0.2, -0.15) is 18.3 Å². The summed E-state index contributed by atoms with van der Waals surface area (Å²) in [5, 5.41) is 5.36. The van der Waals surface area contributed by atoms with Crippen molar-refractivity contribution >= 4 is 34.1 Å². The van der Waals surface area contributed by atoms with E-state index < -0.39 is 12.8 Å². The van der Waals surface area contributed by atoms with E-state index in [-0.39, 0.29) is 10.9 Å². The van der Waals surface area contributed by atoms with Crippen LogP contribution in [0.5, 0.6) is 5.88 Å². The smallest absolute Gasteiger partial charge is 0.422 e. The van der Waals surface area contributed by atoms with Gasteiger partial charge in [-0.3, -0.25) is 4.68 Å². The van der Waals surface area contributed by atoms with Crippen molar-refractivity contribution in [2.24, 2.45) is 0 Å². The Morgan fingerprint density at radius 1 is 1.21 bits per heavy atom. The molecule has 0 aromatic carbocycles. The van der Waals surface area contributed by atoms with Crippen molar-refractivity contribution < 1.29 is 17.9 Å². The number of alkyl halides is 3. The van der Waals surface area contributed by atoms with Crippen LogP contribution in [0.25, 0.3) is 10.9 Å². The molecule has 3 rings (SSSR count). The van der Waals surface area contributed by atoms with Gasteiger partial charge in [0.15, 0.2) is 6.61 Å². The maximum atomic E-state index is 12.2. The minimum absolute atomic E-state index is 0.00633. The number of aromatic nitrogens is 4. The van der Waals surface area contributed by atoms with E-state index in [2.05, 4.69) is 19.8 Å². The first kappa shape index (κ1) is 16.8. The Bertz CT molecular complexity index is 882. The van der Waals surface area contributed by atoms with Crippen LogP contribution in [0.2, 0.25) is 10.2 Å². The highest BCUT2D eigenvalue weighted by atomic mass is 35.5. The second-order valence-corrected chi connectivity index (χ2v) is 5.66. The van der Waals surface area contributed by atoms with Crippen molar-refractivity contribution in [3.63, 3.8) is 0 Å². The third kappa shape index (κ3) is 3.88. The highest BCUT2D eigenvalue weighted by molar-refractivity contribution is 6.34. The van der Waals surface area contributed by atoms with E-state index in [1.165, 1.54) is 12.3 Å². The van der Waals surface area contributed by atoms with Crippen molar-refractivity contribution in [2.45, 2.75) is 12.7 Å². The summed E-state index contributed by atoms with van der Waals surface area (Å²) in [7, 11) is 0. The lowest BCUT2D eigenvalue weighted by Crippen LogP contribution is -2.19. The van der Waals surface area contributed by atoms with Gasteiger partial charge in [0.05, 0.1) is 17.4 Å². The molecule has 0 unspecified atom stereocenters. The van der Waals surface area contributed by atoms with E-state index in [0.29, 0.717) is 28.2 Å². The molecule has 5 nitrogen and oxygen atoms in total. The predicted molar refractivity (Wildman–Crippen MR) is 82.4 cm³/mol. The number of rotatable bonds is 4. The van der Waals surface area contributed by atoms with Crippen LogP contribution in [0.1, 0.15) is 5.56 Å². The summed E-state index contributed by atoms with van der Waals surface area (Å²) in [5.74, 6) is -0.268. The number of pyridine rings is 2. The van der Waals surface area contributed by atoms with E-state index in [0.717, 1.165) is 0 Å². The Kier molecular flexibility index (Phi) is 4.51. The molecule has 126 valence electrons. The molecule has 0 amide bonds. The molecule has 0 bridgehead atoms. The van der Waals surface area contributed by atoms with Crippen LogP contribution in [-0.4, -0.2) is 32.5 Å². The lowest BCUT2D eigenvalue weighted by molar-refractivity contribution is -0.154. The second-order valence-electron chi connectivity index (χ2n) is 4.90. The first-order valence-corrected chi connectivity index (χ1v) is 7.39. The standard InChI is InChI=1S/C14H9Cl2F3N4O/c15-10-3-8(4-21-13(10)24-7-14(17,18)19)5-23-6-9-11(22-23)1-2-20-12(9)16/h1-4,6H,5,7H2. The topological polar surface area (TPSA) is 52.8 Å². The maximum Gasteiger partial charge on any atom is 0.422 e. The molecule has 24 heavy (non-hydrogen) atoms. The van der Waals surface area contributed by atoms with Crippen LogP contribution in [0.4, 0.5) is 13.2 Å². The summed E-state index contributed by atoms with van der Waals surface area (Å²) in [6, 6.07) is 3.20. The molecule has 0 aliphatic carbocycles. The number of ether oxygens (including phenoxy) is 1. The van der Waals surface area contributed by atoms with Crippen LogP contribution in [0.3, 0.4) is 0 Å². The quantitative estimate of drug-likeness (QED) is 0.642. The first-order chi connectivity index (χ1) is 11.3. The Balaban J connectivity index is 1.77. The van der Waals surface area contributed by atoms with Gasteiger partial charge in [-0.25, -0.2) is 9.97 Å². The predicted octanol–water partition coefficient (Wildman–Crippen LogP) is 4.12. The van der Waals surface area contributed by atoms with Crippen LogP contribution in [0.15, 0.2) is 30.7 Å². The first-order valence-electron chi connectivity index (χ1n) is 6.63. The minimum atomic E-state index is -4.45. The fourth-order valence-electron chi connectivity index (χ4n) is 2.04. The van der Waals surface area contributed by atoms with Crippen LogP contribution in [-0.2, 0) is 6.54 Å². The van der Waals surface area contributed by atoms with Gasteiger partial charge in [0.1, 0.15) is 10.2 Å². The fraction of sp³-hybridized carbons (Fsp3) is 0.214. The summed E-state index contributed by atoms with van der Waals surface area (Å²) >= 11 is 11.9. The zero-order valence-electron chi connectivity index (χ0n) is 11.9. The van der Waals surface area contributed by atoms with Gasteiger partial charge in [-0.05, 0) is 17.7 Å². The lowest BCUT2D eigenvalue weighted by Gasteiger charge is -2.10. The van der Waals surface area contributed by atoms with Gasteiger partial charge in [-0.1, -0.05) is 23.2 Å². The van der Waals surface area contributed by atoms with Crippen LogP contribution in [0, 0.1) is 0 Å². The zero-order chi connectivity index (χ0) is 17.3. The largest absolute Gasteiger partial charge is 0.467 e. The summed E-state index contributed by atoms with van der Waals surface area (Å²) in [6.07, 6.45) is 0.190. The fourth-order valence-corrected chi connectivity index (χ4v) is 2.48. The molecule has 10 heteroatoms. The third-order valence-corrected chi connectivity index (χ3v) is 3.59. The number of hydrogen-bond acceptors (Lipinski definition) is 4. The molecule has 3 aromatic heterocycles. The molecule has 0 aliphatic rings. The summed E-state index contributed by atoms with van der Waals surface area (Å²) in [4.78, 5) is 7.78. The van der Waals surface area contributed by atoms with Gasteiger partial charge in [0, 0.05) is 18.6 Å². The molecule has 0 N–H and O–H groups in total. The van der Waals surface area contributed by atoms with Gasteiger partial charge < -0.3 is 4.74 Å². The average Bonchev–Trinajstić information content (AvgIpc) is 2.89. The van der Waals surface area contributed by atoms with E-state index in [1.54, 1.807) is 23.1 Å². The molecule has 0 aliphatic heterocycles. The molecular formula is C14H9Cl2F3N4O. The maximum absolute atomic E-state index is 12.2. The minimum Gasteiger partial charge on any atom is -0.467 e. The number of fused-ring (bicyclic) bond motifs is 1. The molecule has 0 saturated carbocycles. The molecule has 0 saturated heterocycles. The van der Waals surface area contributed by atoms with Crippen LogP contribution >= 0.6 is 23.2 Å². The number of hydrogen-bond donors (Lipinski definition) is 0. The van der Waals surface area contributed by atoms with Crippen molar-refractivity contribution in [3.8, 4) is 5.88 Å². The average molecular weight is 377 g/mol. The third-order valence-electron chi connectivity index (χ3n) is 3.01. The Morgan fingerprint density at radius 2 is 2.00 bits per heavy atom. The van der Waals surface area contributed by atoms with Crippen molar-refractivity contribution in [2.75, 3.05) is 6.61 Å². The van der Waals surface area contributed by atoms with Crippen molar-refractivity contribution in [1.29, 1.82) is 0 Å². The molecule has 0 spiro atoms. The molecule has 0 radical (unpaired) electrons. The highest BCUT2D eigenvalue weighted by Crippen LogP contribution is 2.26. The highest BCUT2D eigenvalue weighted by Gasteiger charge is 2.29. The number of nitrogens with zero attached hydrogens (tertiary/aromatic N) is 4. The van der Waals surface area contributed by atoms with Gasteiger partial charge in [-0.15, -0.1) is 0 Å². The normalized spacial score (nSPS) is 11.9. The van der Waals surface area contributed by atoms with Gasteiger partial charge >= 0.3 is 6.18 Å². The summed E-state index contributed by atoms with van der Waals surface area (Å²) < 4.78 is 42.6.